The van der Waals surface area contributed by atoms with Gasteiger partial charge in [0.25, 0.3) is 5.91 Å². The summed E-state index contributed by atoms with van der Waals surface area (Å²) >= 11 is 1.31. The monoisotopic (exact) mass is 256 g/mol. The first kappa shape index (κ1) is 13.6. The zero-order chi connectivity index (χ0) is 13.2. The molecule has 0 aliphatic heterocycles. The molecule has 0 aliphatic carbocycles. The predicted molar refractivity (Wildman–Crippen MR) is 65.3 cm³/mol. The largest absolute Gasteiger partial charge is 0.481 e. The van der Waals surface area contributed by atoms with Crippen molar-refractivity contribution in [1.82, 2.24) is 9.88 Å². The quantitative estimate of drug-likeness (QED) is 0.891. The lowest BCUT2D eigenvalue weighted by molar-refractivity contribution is -0.139. The van der Waals surface area contributed by atoms with Gasteiger partial charge in [0.05, 0.1) is 17.6 Å². The Balaban J connectivity index is 2.86. The highest BCUT2D eigenvalue weighted by molar-refractivity contribution is 7.13. The Morgan fingerprint density at radius 3 is 2.53 bits per heavy atom. The Bertz CT molecular complexity index is 440. The molecule has 1 rings (SSSR count). The average molecular weight is 256 g/mol. The number of aliphatic carboxylic acids is 1. The van der Waals surface area contributed by atoms with Gasteiger partial charge < -0.3 is 10.0 Å². The highest BCUT2D eigenvalue weighted by Crippen LogP contribution is 2.22. The summed E-state index contributed by atoms with van der Waals surface area (Å²) < 4.78 is 0. The van der Waals surface area contributed by atoms with Crippen molar-refractivity contribution < 1.29 is 14.7 Å². The number of carbonyl (C=O) groups excluding carboxylic acids is 1. The molecule has 94 valence electrons. The fourth-order valence-electron chi connectivity index (χ4n) is 1.39. The van der Waals surface area contributed by atoms with E-state index in [1.54, 1.807) is 20.9 Å². The Kier molecular flexibility index (Phi) is 3.87. The fraction of sp³-hybridized carbons (Fsp3) is 0.545. The Morgan fingerprint density at radius 1 is 1.53 bits per heavy atom. The van der Waals surface area contributed by atoms with Crippen molar-refractivity contribution in [3.63, 3.8) is 0 Å². The molecular formula is C11H16N2O3S. The highest BCUT2D eigenvalue weighted by atomic mass is 32.1. The van der Waals surface area contributed by atoms with Crippen molar-refractivity contribution in [1.29, 1.82) is 0 Å². The second kappa shape index (κ2) is 4.83. The number of amides is 1. The lowest BCUT2D eigenvalue weighted by Crippen LogP contribution is -2.46. The molecule has 17 heavy (non-hydrogen) atoms. The van der Waals surface area contributed by atoms with Crippen LogP contribution in [0.3, 0.4) is 0 Å². The molecule has 1 aromatic rings. The van der Waals surface area contributed by atoms with E-state index in [9.17, 15) is 9.59 Å². The third kappa shape index (κ3) is 3.26. The number of rotatable bonds is 4. The first-order valence-electron chi connectivity index (χ1n) is 5.16. The minimum atomic E-state index is -0.921. The normalized spacial score (nSPS) is 11.3. The summed E-state index contributed by atoms with van der Waals surface area (Å²) in [5, 5.41) is 9.62. The van der Waals surface area contributed by atoms with Crippen LogP contribution in [0.1, 0.15) is 34.9 Å². The molecule has 0 fully saturated rings. The van der Waals surface area contributed by atoms with Crippen molar-refractivity contribution in [3.8, 4) is 0 Å². The fourth-order valence-corrected chi connectivity index (χ4v) is 2.14. The minimum absolute atomic E-state index is 0.0903. The molecule has 1 N–H and O–H groups in total. The van der Waals surface area contributed by atoms with E-state index >= 15 is 0 Å². The van der Waals surface area contributed by atoms with E-state index in [1.807, 2.05) is 6.92 Å². The topological polar surface area (TPSA) is 70.5 Å². The number of aryl methyl sites for hydroxylation is 1. The molecule has 0 radical (unpaired) electrons. The van der Waals surface area contributed by atoms with Crippen LogP contribution in [0.5, 0.6) is 0 Å². The van der Waals surface area contributed by atoms with Crippen LogP contribution in [-0.4, -0.2) is 39.5 Å². The molecule has 0 spiro atoms. The maximum Gasteiger partial charge on any atom is 0.305 e. The number of carboxylic acid groups (broad SMARTS) is 1. The molecular weight excluding hydrogens is 240 g/mol. The first-order valence-corrected chi connectivity index (χ1v) is 5.98. The summed E-state index contributed by atoms with van der Waals surface area (Å²) in [6.07, 6.45) is 1.43. The van der Waals surface area contributed by atoms with Crippen molar-refractivity contribution >= 4 is 23.2 Å². The van der Waals surface area contributed by atoms with Gasteiger partial charge in [0, 0.05) is 12.6 Å². The van der Waals surface area contributed by atoms with Crippen LogP contribution >= 0.6 is 11.3 Å². The zero-order valence-corrected chi connectivity index (χ0v) is 11.2. The van der Waals surface area contributed by atoms with Gasteiger partial charge in [-0.15, -0.1) is 11.3 Å². The van der Waals surface area contributed by atoms with E-state index in [0.29, 0.717) is 4.88 Å². The molecule has 1 aromatic heterocycles. The Labute approximate surface area is 104 Å². The van der Waals surface area contributed by atoms with Gasteiger partial charge in [0.1, 0.15) is 4.88 Å². The average Bonchev–Trinajstić information content (AvgIpc) is 2.60. The summed E-state index contributed by atoms with van der Waals surface area (Å²) in [5.74, 6) is -1.11. The smallest absolute Gasteiger partial charge is 0.305 e. The van der Waals surface area contributed by atoms with Gasteiger partial charge in [-0.2, -0.15) is 0 Å². The van der Waals surface area contributed by atoms with Crippen LogP contribution in [0, 0.1) is 6.92 Å². The summed E-state index contributed by atoms with van der Waals surface area (Å²) in [5.41, 5.74) is -0.721. The molecule has 0 saturated heterocycles. The zero-order valence-electron chi connectivity index (χ0n) is 10.4. The Hall–Kier alpha value is -1.43. The van der Waals surface area contributed by atoms with Gasteiger partial charge in [-0.1, -0.05) is 0 Å². The molecule has 6 heteroatoms. The van der Waals surface area contributed by atoms with Crippen molar-refractivity contribution in [2.24, 2.45) is 0 Å². The standard InChI is InChI=1S/C11H16N2O3S/c1-7-12-6-8(17-7)10(16)13(4)11(2,3)5-9(14)15/h6H,5H2,1-4H3,(H,14,15). The lowest BCUT2D eigenvalue weighted by Gasteiger charge is -2.34. The third-order valence-corrected chi connectivity index (χ3v) is 3.53. The maximum absolute atomic E-state index is 12.1. The molecule has 0 atom stereocenters. The Morgan fingerprint density at radius 2 is 2.12 bits per heavy atom. The molecule has 0 aliphatic rings. The van der Waals surface area contributed by atoms with Gasteiger partial charge in [-0.05, 0) is 20.8 Å². The first-order chi connectivity index (χ1) is 7.74. The molecule has 1 amide bonds. The van der Waals surface area contributed by atoms with Crippen molar-refractivity contribution in [2.75, 3.05) is 7.05 Å². The molecule has 0 aromatic carbocycles. The van der Waals surface area contributed by atoms with E-state index in [0.717, 1.165) is 5.01 Å². The second-order valence-electron chi connectivity index (χ2n) is 4.49. The summed E-state index contributed by atoms with van der Waals surface area (Å²) in [7, 11) is 1.61. The van der Waals surface area contributed by atoms with E-state index in [4.69, 9.17) is 5.11 Å². The summed E-state index contributed by atoms with van der Waals surface area (Å²) in [4.78, 5) is 28.8. The van der Waals surface area contributed by atoms with E-state index < -0.39 is 11.5 Å². The third-order valence-electron chi connectivity index (χ3n) is 2.63. The molecule has 5 nitrogen and oxygen atoms in total. The van der Waals surface area contributed by atoms with E-state index in [1.165, 1.54) is 22.4 Å². The van der Waals surface area contributed by atoms with Crippen LogP contribution < -0.4 is 0 Å². The van der Waals surface area contributed by atoms with Crippen LogP contribution in [0.25, 0.3) is 0 Å². The van der Waals surface area contributed by atoms with Gasteiger partial charge in [-0.3, -0.25) is 9.59 Å². The molecule has 0 bridgehead atoms. The van der Waals surface area contributed by atoms with Crippen LogP contribution in [0.4, 0.5) is 0 Å². The minimum Gasteiger partial charge on any atom is -0.481 e. The number of thiazole rings is 1. The molecule has 0 saturated carbocycles. The van der Waals surface area contributed by atoms with Gasteiger partial charge in [0.2, 0.25) is 0 Å². The summed E-state index contributed by atoms with van der Waals surface area (Å²) in [6.45, 7) is 5.28. The lowest BCUT2D eigenvalue weighted by atomic mass is 9.98. The number of aromatic nitrogens is 1. The molecule has 1 heterocycles. The number of hydrogen-bond donors (Lipinski definition) is 1. The highest BCUT2D eigenvalue weighted by Gasteiger charge is 2.31. The van der Waals surface area contributed by atoms with E-state index in [2.05, 4.69) is 4.98 Å². The SMILES string of the molecule is Cc1ncc(C(=O)N(C)C(C)(C)CC(=O)O)s1. The molecule has 0 unspecified atom stereocenters. The predicted octanol–water partition coefficient (Wildman–Crippen LogP) is 1.78. The van der Waals surface area contributed by atoms with Gasteiger partial charge in [-0.25, -0.2) is 4.98 Å². The number of carbonyl (C=O) groups is 2. The van der Waals surface area contributed by atoms with Crippen LogP contribution in [-0.2, 0) is 4.79 Å². The van der Waals surface area contributed by atoms with Gasteiger partial charge >= 0.3 is 5.97 Å². The number of hydrogen-bond acceptors (Lipinski definition) is 4. The van der Waals surface area contributed by atoms with Crippen LogP contribution in [0.15, 0.2) is 6.20 Å². The summed E-state index contributed by atoms with van der Waals surface area (Å²) in [6, 6.07) is 0. The second-order valence-corrected chi connectivity index (χ2v) is 5.73. The number of nitrogens with zero attached hydrogens (tertiary/aromatic N) is 2. The van der Waals surface area contributed by atoms with E-state index in [-0.39, 0.29) is 12.3 Å². The van der Waals surface area contributed by atoms with Crippen LogP contribution in [0.2, 0.25) is 0 Å². The van der Waals surface area contributed by atoms with Gasteiger partial charge in [0.15, 0.2) is 0 Å². The van der Waals surface area contributed by atoms with Crippen molar-refractivity contribution in [3.05, 3.63) is 16.1 Å². The van der Waals surface area contributed by atoms with Crippen molar-refractivity contribution in [2.45, 2.75) is 32.7 Å². The maximum atomic E-state index is 12.1. The number of carboxylic acids is 1.